The highest BCUT2D eigenvalue weighted by atomic mass is 16.4. The molecule has 1 N–H and O–H groups in total. The molecule has 7 nitrogen and oxygen atoms in total. The molecule has 1 aromatic carbocycles. The van der Waals surface area contributed by atoms with Crippen LogP contribution in [0.2, 0.25) is 0 Å². The summed E-state index contributed by atoms with van der Waals surface area (Å²) in [6, 6.07) is 8.33. The summed E-state index contributed by atoms with van der Waals surface area (Å²) in [6.45, 7) is 2.82. The minimum absolute atomic E-state index is 0.0171. The summed E-state index contributed by atoms with van der Waals surface area (Å²) >= 11 is 0. The fraction of sp³-hybridized carbons (Fsp3) is 0.471. The number of oxazole rings is 1. The lowest BCUT2D eigenvalue weighted by molar-refractivity contribution is -0.141. The van der Waals surface area contributed by atoms with Crippen LogP contribution in [0.5, 0.6) is 0 Å². The Morgan fingerprint density at radius 1 is 1.21 bits per heavy atom. The normalized spacial score (nSPS) is 19.6. The number of hydrogen-bond donors (Lipinski definition) is 1. The van der Waals surface area contributed by atoms with Crippen molar-refractivity contribution in [1.29, 1.82) is 0 Å². The van der Waals surface area contributed by atoms with Crippen LogP contribution < -0.4 is 10.2 Å². The molecule has 0 atom stereocenters. The topological polar surface area (TPSA) is 78.7 Å². The van der Waals surface area contributed by atoms with Crippen molar-refractivity contribution in [2.45, 2.75) is 12.8 Å². The third kappa shape index (κ3) is 2.81. The van der Waals surface area contributed by atoms with Gasteiger partial charge >= 0.3 is 0 Å². The van der Waals surface area contributed by atoms with E-state index in [-0.39, 0.29) is 24.3 Å². The maximum absolute atomic E-state index is 12.6. The molecule has 1 aromatic heterocycles. The molecule has 0 unspecified atom stereocenters. The van der Waals surface area contributed by atoms with E-state index in [9.17, 15) is 9.59 Å². The molecule has 24 heavy (non-hydrogen) atoms. The molecule has 2 aromatic rings. The number of carbonyl (C=O) groups is 2. The number of piperazine rings is 1. The quantitative estimate of drug-likeness (QED) is 0.890. The molecular formula is C17H20N4O3. The van der Waals surface area contributed by atoms with Crippen LogP contribution in [0.25, 0.3) is 11.1 Å². The largest absolute Gasteiger partial charge is 0.423 e. The van der Waals surface area contributed by atoms with Crippen molar-refractivity contribution in [3.63, 3.8) is 0 Å². The van der Waals surface area contributed by atoms with Crippen molar-refractivity contribution < 1.29 is 14.0 Å². The predicted octanol–water partition coefficient (Wildman–Crippen LogP) is 1.00. The van der Waals surface area contributed by atoms with E-state index in [0.717, 1.165) is 37.0 Å². The van der Waals surface area contributed by atoms with Crippen LogP contribution >= 0.6 is 0 Å². The number of carbonyl (C=O) groups excluding carboxylic acids is 2. The summed E-state index contributed by atoms with van der Waals surface area (Å²) < 4.78 is 5.80. The first kappa shape index (κ1) is 15.0. The van der Waals surface area contributed by atoms with E-state index < -0.39 is 0 Å². The van der Waals surface area contributed by atoms with Crippen molar-refractivity contribution in [2.75, 3.05) is 37.6 Å². The van der Waals surface area contributed by atoms with Gasteiger partial charge in [-0.05, 0) is 25.0 Å². The molecule has 7 heteroatoms. The number of anilines is 1. The van der Waals surface area contributed by atoms with E-state index in [1.54, 1.807) is 4.90 Å². The number of fused-ring (bicyclic) bond motifs is 1. The van der Waals surface area contributed by atoms with E-state index in [0.29, 0.717) is 19.1 Å². The molecule has 126 valence electrons. The lowest BCUT2D eigenvalue weighted by atomic mass is 9.95. The van der Waals surface area contributed by atoms with Crippen LogP contribution in [0.4, 0.5) is 6.01 Å². The smallest absolute Gasteiger partial charge is 0.298 e. The first-order valence-corrected chi connectivity index (χ1v) is 8.37. The minimum atomic E-state index is -0.0708. The Kier molecular flexibility index (Phi) is 3.84. The zero-order valence-corrected chi connectivity index (χ0v) is 13.4. The number of piperidine rings is 1. The molecule has 2 fully saturated rings. The number of amides is 2. The number of para-hydroxylation sites is 2. The van der Waals surface area contributed by atoms with Gasteiger partial charge in [0.15, 0.2) is 5.58 Å². The second-order valence-electron chi connectivity index (χ2n) is 6.34. The maximum atomic E-state index is 12.6. The highest BCUT2D eigenvalue weighted by Crippen LogP contribution is 2.27. The van der Waals surface area contributed by atoms with E-state index in [4.69, 9.17) is 4.42 Å². The van der Waals surface area contributed by atoms with Gasteiger partial charge < -0.3 is 19.5 Å². The second kappa shape index (κ2) is 6.14. The Morgan fingerprint density at radius 2 is 2.00 bits per heavy atom. The average molecular weight is 328 g/mol. The van der Waals surface area contributed by atoms with Crippen molar-refractivity contribution >= 4 is 28.9 Å². The molecule has 0 bridgehead atoms. The van der Waals surface area contributed by atoms with Gasteiger partial charge in [0.25, 0.3) is 6.01 Å². The van der Waals surface area contributed by atoms with Crippen LogP contribution in [-0.2, 0) is 9.59 Å². The van der Waals surface area contributed by atoms with Crippen molar-refractivity contribution in [3.8, 4) is 0 Å². The summed E-state index contributed by atoms with van der Waals surface area (Å²) in [5.41, 5.74) is 1.63. The van der Waals surface area contributed by atoms with E-state index in [1.165, 1.54) is 0 Å². The third-order valence-corrected chi connectivity index (χ3v) is 4.75. The van der Waals surface area contributed by atoms with Gasteiger partial charge in [0.2, 0.25) is 11.8 Å². The number of benzene rings is 1. The first-order valence-electron chi connectivity index (χ1n) is 8.37. The van der Waals surface area contributed by atoms with Crippen LogP contribution in [0.3, 0.4) is 0 Å². The van der Waals surface area contributed by atoms with Crippen molar-refractivity contribution in [3.05, 3.63) is 24.3 Å². The molecule has 2 aliphatic rings. The summed E-state index contributed by atoms with van der Waals surface area (Å²) in [4.78, 5) is 32.3. The van der Waals surface area contributed by atoms with Gasteiger partial charge in [-0.25, -0.2) is 0 Å². The Bertz CT molecular complexity index is 731. The summed E-state index contributed by atoms with van der Waals surface area (Å²) in [7, 11) is 0. The fourth-order valence-corrected chi connectivity index (χ4v) is 3.40. The average Bonchev–Trinajstić information content (AvgIpc) is 3.05. The Hall–Kier alpha value is -2.57. The zero-order chi connectivity index (χ0) is 16.5. The van der Waals surface area contributed by atoms with Gasteiger partial charge in [0.1, 0.15) is 5.52 Å². The highest BCUT2D eigenvalue weighted by Gasteiger charge is 2.31. The molecule has 0 saturated carbocycles. The molecule has 4 rings (SSSR count). The van der Waals surface area contributed by atoms with Gasteiger partial charge in [-0.2, -0.15) is 4.98 Å². The van der Waals surface area contributed by atoms with E-state index in [2.05, 4.69) is 15.2 Å². The van der Waals surface area contributed by atoms with Crippen LogP contribution in [-0.4, -0.2) is 54.4 Å². The molecule has 0 aliphatic carbocycles. The first-order chi connectivity index (χ1) is 11.7. The van der Waals surface area contributed by atoms with E-state index >= 15 is 0 Å². The van der Waals surface area contributed by atoms with Crippen LogP contribution in [0.1, 0.15) is 12.8 Å². The SMILES string of the molecule is O=C1CN(C(=O)C2CCN(c3nc4ccccc4o3)CC2)CCN1. The predicted molar refractivity (Wildman–Crippen MR) is 88.5 cm³/mol. The van der Waals surface area contributed by atoms with Crippen LogP contribution in [0.15, 0.2) is 28.7 Å². The van der Waals surface area contributed by atoms with Gasteiger partial charge in [0.05, 0.1) is 6.54 Å². The highest BCUT2D eigenvalue weighted by molar-refractivity contribution is 5.87. The minimum Gasteiger partial charge on any atom is -0.423 e. The third-order valence-electron chi connectivity index (χ3n) is 4.75. The van der Waals surface area contributed by atoms with Gasteiger partial charge in [-0.15, -0.1) is 0 Å². The van der Waals surface area contributed by atoms with E-state index in [1.807, 2.05) is 24.3 Å². The van der Waals surface area contributed by atoms with Gasteiger partial charge in [-0.3, -0.25) is 9.59 Å². The molecule has 2 saturated heterocycles. The summed E-state index contributed by atoms with van der Waals surface area (Å²) in [6.07, 6.45) is 1.52. The number of hydrogen-bond acceptors (Lipinski definition) is 5. The second-order valence-corrected chi connectivity index (χ2v) is 6.34. The van der Waals surface area contributed by atoms with Crippen molar-refractivity contribution in [2.24, 2.45) is 5.92 Å². The fourth-order valence-electron chi connectivity index (χ4n) is 3.40. The van der Waals surface area contributed by atoms with Gasteiger partial charge in [0, 0.05) is 32.1 Å². The molecule has 0 spiro atoms. The van der Waals surface area contributed by atoms with Crippen molar-refractivity contribution in [1.82, 2.24) is 15.2 Å². The monoisotopic (exact) mass is 328 g/mol. The number of nitrogens with zero attached hydrogens (tertiary/aromatic N) is 3. The lowest BCUT2D eigenvalue weighted by Crippen LogP contribution is -2.52. The number of aromatic nitrogens is 1. The maximum Gasteiger partial charge on any atom is 0.298 e. The molecule has 0 radical (unpaired) electrons. The number of nitrogens with one attached hydrogen (secondary N) is 1. The standard InChI is InChI=1S/C17H20N4O3/c22-15-11-21(10-7-18-15)16(23)12-5-8-20(9-6-12)17-19-13-3-1-2-4-14(13)24-17/h1-4,12H,5-11H2,(H,18,22). The molecule has 2 amide bonds. The lowest BCUT2D eigenvalue weighted by Gasteiger charge is -2.34. The number of rotatable bonds is 2. The Morgan fingerprint density at radius 3 is 2.75 bits per heavy atom. The van der Waals surface area contributed by atoms with Crippen LogP contribution in [0, 0.1) is 5.92 Å². The molecule has 2 aliphatic heterocycles. The Labute approximate surface area is 139 Å². The molecule has 3 heterocycles. The Balaban J connectivity index is 1.39. The summed E-state index contributed by atoms with van der Waals surface area (Å²) in [5.74, 6) is 0.0112. The summed E-state index contributed by atoms with van der Waals surface area (Å²) in [5, 5.41) is 2.75. The molecular weight excluding hydrogens is 308 g/mol. The van der Waals surface area contributed by atoms with Gasteiger partial charge in [-0.1, -0.05) is 12.1 Å². The zero-order valence-electron chi connectivity index (χ0n) is 13.4.